The summed E-state index contributed by atoms with van der Waals surface area (Å²) in [6, 6.07) is 10.8. The van der Waals surface area contributed by atoms with Crippen molar-refractivity contribution in [1.29, 1.82) is 0 Å². The molecule has 0 N–H and O–H groups in total. The number of nitrogens with zero attached hydrogens (tertiary/aromatic N) is 2. The predicted molar refractivity (Wildman–Crippen MR) is 85.6 cm³/mol. The number of aromatic nitrogens is 2. The second kappa shape index (κ2) is 6.41. The van der Waals surface area contributed by atoms with Crippen molar-refractivity contribution >= 4 is 33.2 Å². The van der Waals surface area contributed by atoms with E-state index in [0.717, 1.165) is 9.35 Å². The molecule has 1 atom stereocenters. The number of ether oxygens (including phenoxy) is 1. The molecule has 112 valence electrons. The fraction of sp³-hybridized carbons (Fsp3) is 0.133. The zero-order valence-electron chi connectivity index (χ0n) is 11.5. The van der Waals surface area contributed by atoms with Crippen molar-refractivity contribution in [2.45, 2.75) is 13.0 Å². The molecule has 3 rings (SSSR count). The van der Waals surface area contributed by atoms with E-state index in [2.05, 4.69) is 26.1 Å². The van der Waals surface area contributed by atoms with Gasteiger partial charge < -0.3 is 9.15 Å². The van der Waals surface area contributed by atoms with Crippen LogP contribution in [0.15, 0.2) is 50.7 Å². The van der Waals surface area contributed by atoms with E-state index < -0.39 is 12.1 Å². The van der Waals surface area contributed by atoms with Crippen LogP contribution in [0.5, 0.6) is 0 Å². The second-order valence-corrected chi connectivity index (χ2v) is 6.34. The molecule has 1 aromatic carbocycles. The van der Waals surface area contributed by atoms with Gasteiger partial charge in [0.25, 0.3) is 11.8 Å². The summed E-state index contributed by atoms with van der Waals surface area (Å²) in [6.07, 6.45) is -0.618. The fourth-order valence-corrected chi connectivity index (χ4v) is 2.84. The van der Waals surface area contributed by atoms with Crippen LogP contribution in [-0.2, 0) is 4.74 Å². The predicted octanol–water partition coefficient (Wildman–Crippen LogP) is 4.48. The minimum absolute atomic E-state index is 0.270. The van der Waals surface area contributed by atoms with Crippen molar-refractivity contribution in [2.75, 3.05) is 0 Å². The summed E-state index contributed by atoms with van der Waals surface area (Å²) >= 11 is 4.82. The first-order valence-electron chi connectivity index (χ1n) is 6.47. The molecule has 3 aromatic rings. The lowest BCUT2D eigenvalue weighted by molar-refractivity contribution is 0.0280. The number of carbonyl (C=O) groups is 1. The smallest absolute Gasteiger partial charge is 0.338 e. The summed E-state index contributed by atoms with van der Waals surface area (Å²) < 4.78 is 11.7. The summed E-state index contributed by atoms with van der Waals surface area (Å²) in [6.45, 7) is 1.70. The molecule has 0 spiro atoms. The average Bonchev–Trinajstić information content (AvgIpc) is 3.18. The summed E-state index contributed by atoms with van der Waals surface area (Å²) in [5.41, 5.74) is 0.458. The normalized spacial score (nSPS) is 12.1. The molecular formula is C15H11BrN2O3S. The zero-order valence-corrected chi connectivity index (χ0v) is 13.9. The van der Waals surface area contributed by atoms with Crippen LogP contribution in [0, 0.1) is 0 Å². The van der Waals surface area contributed by atoms with Gasteiger partial charge in [0, 0.05) is 4.47 Å². The highest BCUT2D eigenvalue weighted by Crippen LogP contribution is 2.26. The van der Waals surface area contributed by atoms with E-state index in [9.17, 15) is 4.79 Å². The third-order valence-electron chi connectivity index (χ3n) is 2.86. The largest absolute Gasteiger partial charge is 0.449 e. The van der Waals surface area contributed by atoms with Gasteiger partial charge in [-0.05, 0) is 36.6 Å². The Kier molecular flexibility index (Phi) is 4.35. The van der Waals surface area contributed by atoms with Gasteiger partial charge in [-0.1, -0.05) is 28.1 Å². The Hall–Kier alpha value is -1.99. The van der Waals surface area contributed by atoms with Crippen LogP contribution in [0.4, 0.5) is 0 Å². The van der Waals surface area contributed by atoms with Gasteiger partial charge in [0.15, 0.2) is 6.10 Å². The van der Waals surface area contributed by atoms with Crippen LogP contribution >= 0.6 is 27.3 Å². The molecule has 0 saturated heterocycles. The van der Waals surface area contributed by atoms with Crippen molar-refractivity contribution in [1.82, 2.24) is 10.2 Å². The van der Waals surface area contributed by atoms with Crippen LogP contribution in [0.1, 0.15) is 29.3 Å². The molecule has 7 heteroatoms. The van der Waals surface area contributed by atoms with E-state index >= 15 is 0 Å². The molecule has 0 unspecified atom stereocenters. The molecule has 0 aliphatic carbocycles. The van der Waals surface area contributed by atoms with Crippen molar-refractivity contribution < 1.29 is 13.9 Å². The number of benzene rings is 1. The SMILES string of the molecule is C[C@@H](OC(=O)c1cccc(Br)c1)c1nnc(-c2cccs2)o1. The molecule has 2 aromatic heterocycles. The van der Waals surface area contributed by atoms with Crippen LogP contribution in [-0.4, -0.2) is 16.2 Å². The molecule has 0 fully saturated rings. The molecule has 2 heterocycles. The van der Waals surface area contributed by atoms with E-state index in [1.54, 1.807) is 25.1 Å². The third-order valence-corrected chi connectivity index (χ3v) is 4.22. The topological polar surface area (TPSA) is 65.2 Å². The summed E-state index contributed by atoms with van der Waals surface area (Å²) in [4.78, 5) is 13.0. The Labute approximate surface area is 139 Å². The molecule has 0 bridgehead atoms. The number of rotatable bonds is 4. The number of hydrogen-bond donors (Lipinski definition) is 0. The van der Waals surface area contributed by atoms with Gasteiger partial charge in [-0.15, -0.1) is 21.5 Å². The first-order valence-corrected chi connectivity index (χ1v) is 8.14. The lowest BCUT2D eigenvalue weighted by atomic mass is 10.2. The fourth-order valence-electron chi connectivity index (χ4n) is 1.79. The van der Waals surface area contributed by atoms with Gasteiger partial charge >= 0.3 is 5.97 Å². The highest BCUT2D eigenvalue weighted by atomic mass is 79.9. The van der Waals surface area contributed by atoms with Crippen molar-refractivity contribution in [3.63, 3.8) is 0 Å². The monoisotopic (exact) mass is 378 g/mol. The maximum absolute atomic E-state index is 12.1. The van der Waals surface area contributed by atoms with Crippen molar-refractivity contribution in [2.24, 2.45) is 0 Å². The van der Waals surface area contributed by atoms with E-state index in [1.807, 2.05) is 23.6 Å². The van der Waals surface area contributed by atoms with Gasteiger partial charge in [0.05, 0.1) is 10.4 Å². The van der Waals surface area contributed by atoms with Crippen LogP contribution in [0.3, 0.4) is 0 Å². The highest BCUT2D eigenvalue weighted by Gasteiger charge is 2.20. The highest BCUT2D eigenvalue weighted by molar-refractivity contribution is 9.10. The van der Waals surface area contributed by atoms with Gasteiger partial charge in [0.2, 0.25) is 0 Å². The van der Waals surface area contributed by atoms with E-state index in [-0.39, 0.29) is 5.89 Å². The maximum Gasteiger partial charge on any atom is 0.338 e. The number of hydrogen-bond acceptors (Lipinski definition) is 6. The van der Waals surface area contributed by atoms with Crippen LogP contribution in [0.2, 0.25) is 0 Å². The third kappa shape index (κ3) is 3.26. The molecule has 0 saturated carbocycles. The summed E-state index contributed by atoms with van der Waals surface area (Å²) in [5.74, 6) is 0.256. The molecule has 0 aliphatic rings. The Morgan fingerprint density at radius 1 is 1.32 bits per heavy atom. The number of halogens is 1. The quantitative estimate of drug-likeness (QED) is 0.626. The van der Waals surface area contributed by atoms with Gasteiger partial charge in [-0.25, -0.2) is 4.79 Å². The van der Waals surface area contributed by atoms with E-state index in [0.29, 0.717) is 11.5 Å². The molecule has 0 radical (unpaired) electrons. The van der Waals surface area contributed by atoms with Gasteiger partial charge in [-0.3, -0.25) is 0 Å². The lowest BCUT2D eigenvalue weighted by Gasteiger charge is -2.09. The average molecular weight is 379 g/mol. The molecule has 22 heavy (non-hydrogen) atoms. The Morgan fingerprint density at radius 2 is 2.18 bits per heavy atom. The van der Waals surface area contributed by atoms with Crippen LogP contribution in [0.25, 0.3) is 10.8 Å². The second-order valence-electron chi connectivity index (χ2n) is 4.48. The van der Waals surface area contributed by atoms with Gasteiger partial charge in [0.1, 0.15) is 0 Å². The Balaban J connectivity index is 1.72. The number of esters is 1. The molecule has 0 amide bonds. The molecular weight excluding hydrogens is 368 g/mol. The minimum atomic E-state index is -0.618. The Bertz CT molecular complexity index is 786. The van der Waals surface area contributed by atoms with Gasteiger partial charge in [-0.2, -0.15) is 0 Å². The van der Waals surface area contributed by atoms with Crippen LogP contribution < -0.4 is 0 Å². The maximum atomic E-state index is 12.1. The van der Waals surface area contributed by atoms with Crippen molar-refractivity contribution in [3.8, 4) is 10.8 Å². The Morgan fingerprint density at radius 3 is 2.91 bits per heavy atom. The van der Waals surface area contributed by atoms with E-state index in [1.165, 1.54) is 11.3 Å². The number of carbonyl (C=O) groups excluding carboxylic acids is 1. The standard InChI is InChI=1S/C15H11BrN2O3S/c1-9(20-15(19)10-4-2-5-11(16)8-10)13-17-18-14(21-13)12-6-3-7-22-12/h2-9H,1H3/t9-/m1/s1. The summed E-state index contributed by atoms with van der Waals surface area (Å²) in [5, 5.41) is 9.84. The van der Waals surface area contributed by atoms with E-state index in [4.69, 9.17) is 9.15 Å². The molecule has 5 nitrogen and oxygen atoms in total. The lowest BCUT2D eigenvalue weighted by Crippen LogP contribution is -2.09. The first kappa shape index (κ1) is 14.9. The molecule has 0 aliphatic heterocycles. The van der Waals surface area contributed by atoms with Crippen molar-refractivity contribution in [3.05, 3.63) is 57.7 Å². The minimum Gasteiger partial charge on any atom is -0.449 e. The first-order chi connectivity index (χ1) is 10.6. The number of thiophene rings is 1. The zero-order chi connectivity index (χ0) is 15.5. The summed E-state index contributed by atoms with van der Waals surface area (Å²) in [7, 11) is 0.